The summed E-state index contributed by atoms with van der Waals surface area (Å²) in [6.07, 6.45) is -1.18. The lowest BCUT2D eigenvalue weighted by molar-refractivity contribution is 0.171. The van der Waals surface area contributed by atoms with Gasteiger partial charge in [-0.05, 0) is 28.1 Å². The Kier molecular flexibility index (Phi) is 4.80. The first-order valence-corrected chi connectivity index (χ1v) is 8.13. The Labute approximate surface area is 135 Å². The third-order valence-electron chi connectivity index (χ3n) is 3.04. The standard InChI is InChI=1S/C15H16BrF2NOS/c1-15(2,3)14-19-11(7-21-14)12(20)6-8-10(17)5-4-9(16)13(8)18/h4-5,7,12,20H,6H2,1-3H3. The lowest BCUT2D eigenvalue weighted by atomic mass is 9.98. The highest BCUT2D eigenvalue weighted by Crippen LogP contribution is 2.30. The molecule has 1 aromatic carbocycles. The number of aliphatic hydroxyl groups excluding tert-OH is 1. The van der Waals surface area contributed by atoms with Gasteiger partial charge in [0.25, 0.3) is 0 Å². The Bertz CT molecular complexity index is 652. The van der Waals surface area contributed by atoms with Crippen LogP contribution in [0.4, 0.5) is 8.78 Å². The molecule has 1 heterocycles. The number of benzene rings is 1. The number of hydrogen-bond acceptors (Lipinski definition) is 3. The first kappa shape index (κ1) is 16.5. The lowest BCUT2D eigenvalue weighted by Crippen LogP contribution is -2.12. The Hall–Kier alpha value is -0.850. The normalized spacial score (nSPS) is 13.5. The van der Waals surface area contributed by atoms with Crippen LogP contribution in [0, 0.1) is 11.6 Å². The zero-order valence-corrected chi connectivity index (χ0v) is 14.4. The SMILES string of the molecule is CC(C)(C)c1nc(C(O)Cc2c(F)ccc(Br)c2F)cs1. The monoisotopic (exact) mass is 375 g/mol. The summed E-state index contributed by atoms with van der Waals surface area (Å²) in [5.74, 6) is -1.35. The molecule has 1 aromatic heterocycles. The number of rotatable bonds is 3. The van der Waals surface area contributed by atoms with Crippen LogP contribution in [0.2, 0.25) is 0 Å². The van der Waals surface area contributed by atoms with Crippen LogP contribution >= 0.6 is 27.3 Å². The Morgan fingerprint density at radius 3 is 2.57 bits per heavy atom. The van der Waals surface area contributed by atoms with E-state index in [1.54, 1.807) is 5.38 Å². The van der Waals surface area contributed by atoms with Crippen LogP contribution in [0.15, 0.2) is 22.0 Å². The van der Waals surface area contributed by atoms with E-state index < -0.39 is 17.7 Å². The molecule has 1 N–H and O–H groups in total. The number of aliphatic hydroxyl groups is 1. The number of aromatic nitrogens is 1. The zero-order valence-electron chi connectivity index (χ0n) is 12.0. The van der Waals surface area contributed by atoms with Gasteiger partial charge in [-0.25, -0.2) is 13.8 Å². The summed E-state index contributed by atoms with van der Waals surface area (Å²) in [5.41, 5.74) is 0.195. The molecule has 0 bridgehead atoms. The van der Waals surface area contributed by atoms with Crippen LogP contribution in [0.3, 0.4) is 0 Å². The molecule has 1 unspecified atom stereocenters. The molecule has 0 saturated heterocycles. The number of thiazole rings is 1. The van der Waals surface area contributed by atoms with E-state index in [1.165, 1.54) is 23.5 Å². The van der Waals surface area contributed by atoms with Gasteiger partial charge in [0.05, 0.1) is 15.2 Å². The van der Waals surface area contributed by atoms with Crippen LogP contribution in [0.5, 0.6) is 0 Å². The van der Waals surface area contributed by atoms with E-state index in [0.717, 1.165) is 5.01 Å². The third-order valence-corrected chi connectivity index (χ3v) is 4.94. The number of hydrogen-bond donors (Lipinski definition) is 1. The predicted octanol–water partition coefficient (Wildman–Crippen LogP) is 4.76. The van der Waals surface area contributed by atoms with Crippen molar-refractivity contribution in [2.24, 2.45) is 0 Å². The number of halogens is 3. The summed E-state index contributed by atoms with van der Waals surface area (Å²) in [6, 6.07) is 2.48. The molecule has 0 aliphatic rings. The fourth-order valence-electron chi connectivity index (χ4n) is 1.84. The summed E-state index contributed by atoms with van der Waals surface area (Å²) in [4.78, 5) is 4.37. The van der Waals surface area contributed by atoms with Crippen molar-refractivity contribution in [1.29, 1.82) is 0 Å². The molecule has 114 valence electrons. The van der Waals surface area contributed by atoms with E-state index in [-0.39, 0.29) is 21.9 Å². The summed E-state index contributed by atoms with van der Waals surface area (Å²) >= 11 is 4.46. The van der Waals surface area contributed by atoms with Crippen LogP contribution in [0.25, 0.3) is 0 Å². The quantitative estimate of drug-likeness (QED) is 0.784. The third kappa shape index (κ3) is 3.67. The topological polar surface area (TPSA) is 33.1 Å². The van der Waals surface area contributed by atoms with Gasteiger partial charge in [-0.15, -0.1) is 11.3 Å². The Morgan fingerprint density at radius 1 is 1.33 bits per heavy atom. The van der Waals surface area contributed by atoms with Gasteiger partial charge in [-0.1, -0.05) is 20.8 Å². The average Bonchev–Trinajstić information content (AvgIpc) is 2.88. The van der Waals surface area contributed by atoms with Crippen molar-refractivity contribution < 1.29 is 13.9 Å². The molecule has 0 spiro atoms. The highest BCUT2D eigenvalue weighted by atomic mass is 79.9. The largest absolute Gasteiger partial charge is 0.386 e. The Balaban J connectivity index is 2.25. The van der Waals surface area contributed by atoms with E-state index in [2.05, 4.69) is 20.9 Å². The van der Waals surface area contributed by atoms with Gasteiger partial charge in [0.2, 0.25) is 0 Å². The van der Waals surface area contributed by atoms with Crippen molar-refractivity contribution in [3.05, 3.63) is 49.9 Å². The van der Waals surface area contributed by atoms with Crippen molar-refractivity contribution in [3.8, 4) is 0 Å². The van der Waals surface area contributed by atoms with Gasteiger partial charge in [0.1, 0.15) is 17.7 Å². The molecule has 0 radical (unpaired) electrons. The fraction of sp³-hybridized carbons (Fsp3) is 0.400. The molecule has 2 rings (SSSR count). The molecular weight excluding hydrogens is 360 g/mol. The first-order valence-electron chi connectivity index (χ1n) is 6.46. The van der Waals surface area contributed by atoms with Crippen LogP contribution in [-0.2, 0) is 11.8 Å². The molecule has 0 aliphatic carbocycles. The second kappa shape index (κ2) is 6.10. The van der Waals surface area contributed by atoms with E-state index in [0.29, 0.717) is 5.69 Å². The molecule has 6 heteroatoms. The predicted molar refractivity (Wildman–Crippen MR) is 83.5 cm³/mol. The van der Waals surface area contributed by atoms with E-state index in [1.807, 2.05) is 20.8 Å². The van der Waals surface area contributed by atoms with E-state index >= 15 is 0 Å². The molecule has 2 aromatic rings. The van der Waals surface area contributed by atoms with E-state index in [9.17, 15) is 13.9 Å². The highest BCUT2D eigenvalue weighted by Gasteiger charge is 2.23. The maximum atomic E-state index is 13.9. The molecule has 0 saturated carbocycles. The molecule has 2 nitrogen and oxygen atoms in total. The zero-order chi connectivity index (χ0) is 15.8. The summed E-state index contributed by atoms with van der Waals surface area (Å²) in [7, 11) is 0. The van der Waals surface area contributed by atoms with Gasteiger partial charge >= 0.3 is 0 Å². The van der Waals surface area contributed by atoms with Crippen molar-refractivity contribution in [2.45, 2.75) is 38.7 Å². The number of nitrogens with zero attached hydrogens (tertiary/aromatic N) is 1. The van der Waals surface area contributed by atoms with Crippen LogP contribution in [-0.4, -0.2) is 10.1 Å². The lowest BCUT2D eigenvalue weighted by Gasteiger charge is -2.14. The molecule has 0 amide bonds. The highest BCUT2D eigenvalue weighted by molar-refractivity contribution is 9.10. The molecular formula is C15H16BrF2NOS. The minimum Gasteiger partial charge on any atom is -0.386 e. The maximum Gasteiger partial charge on any atom is 0.143 e. The minimum atomic E-state index is -1.03. The van der Waals surface area contributed by atoms with E-state index in [4.69, 9.17) is 0 Å². The van der Waals surface area contributed by atoms with Crippen molar-refractivity contribution in [3.63, 3.8) is 0 Å². The average molecular weight is 376 g/mol. The van der Waals surface area contributed by atoms with Crippen molar-refractivity contribution >= 4 is 27.3 Å². The van der Waals surface area contributed by atoms with Crippen LogP contribution in [0.1, 0.15) is 43.1 Å². The van der Waals surface area contributed by atoms with Gasteiger partial charge in [0, 0.05) is 22.8 Å². The minimum absolute atomic E-state index is 0.116. The molecule has 1 atom stereocenters. The molecule has 0 fully saturated rings. The van der Waals surface area contributed by atoms with Gasteiger partial charge in [-0.3, -0.25) is 0 Å². The molecule has 21 heavy (non-hydrogen) atoms. The van der Waals surface area contributed by atoms with Gasteiger partial charge in [0.15, 0.2) is 0 Å². The maximum absolute atomic E-state index is 13.9. The summed E-state index contributed by atoms with van der Waals surface area (Å²) in [5, 5.41) is 12.8. The van der Waals surface area contributed by atoms with Crippen molar-refractivity contribution in [1.82, 2.24) is 4.98 Å². The summed E-state index contributed by atoms with van der Waals surface area (Å²) < 4.78 is 27.8. The smallest absolute Gasteiger partial charge is 0.143 e. The van der Waals surface area contributed by atoms with Gasteiger partial charge < -0.3 is 5.11 Å². The molecule has 0 aliphatic heterocycles. The van der Waals surface area contributed by atoms with Gasteiger partial charge in [-0.2, -0.15) is 0 Å². The fourth-order valence-corrected chi connectivity index (χ4v) is 3.16. The van der Waals surface area contributed by atoms with Crippen molar-refractivity contribution in [2.75, 3.05) is 0 Å². The second-order valence-electron chi connectivity index (χ2n) is 5.87. The second-order valence-corrected chi connectivity index (χ2v) is 7.58. The summed E-state index contributed by atoms with van der Waals surface area (Å²) in [6.45, 7) is 6.07. The first-order chi connectivity index (χ1) is 9.70. The van der Waals surface area contributed by atoms with Crippen LogP contribution < -0.4 is 0 Å². The Morgan fingerprint density at radius 2 is 2.00 bits per heavy atom.